The molecule has 0 saturated heterocycles. The van der Waals surface area contributed by atoms with Crippen molar-refractivity contribution < 1.29 is 5.11 Å². The molecule has 3 heterocycles. The van der Waals surface area contributed by atoms with Gasteiger partial charge in [0, 0.05) is 36.0 Å². The van der Waals surface area contributed by atoms with Gasteiger partial charge in [0.1, 0.15) is 10.6 Å². The van der Waals surface area contributed by atoms with Crippen molar-refractivity contribution in [3.63, 3.8) is 0 Å². The van der Waals surface area contributed by atoms with E-state index in [4.69, 9.17) is 15.1 Å². The molecule has 3 aromatic heterocycles. The first kappa shape index (κ1) is 16.4. The van der Waals surface area contributed by atoms with Crippen LogP contribution in [0.2, 0.25) is 0 Å². The molecule has 0 saturated carbocycles. The second kappa shape index (κ2) is 7.06. The first-order chi connectivity index (χ1) is 12.3. The number of hydrogen-bond donors (Lipinski definition) is 2. The molecule has 0 aromatic carbocycles. The molecule has 1 atom stereocenters. The van der Waals surface area contributed by atoms with Crippen LogP contribution in [0.3, 0.4) is 0 Å². The molecule has 0 amide bonds. The normalized spacial score (nSPS) is 16.8. The maximum atomic E-state index is 9.09. The fourth-order valence-electron chi connectivity index (χ4n) is 3.38. The summed E-state index contributed by atoms with van der Waals surface area (Å²) in [4.78, 5) is 16.3. The average molecular weight is 354 g/mol. The van der Waals surface area contributed by atoms with Gasteiger partial charge in [-0.15, -0.1) is 11.3 Å². The van der Waals surface area contributed by atoms with E-state index in [1.165, 1.54) is 22.2 Å². The van der Waals surface area contributed by atoms with Crippen LogP contribution in [0.4, 0.5) is 5.82 Å². The lowest BCUT2D eigenvalue weighted by Crippen LogP contribution is -2.10. The Kier molecular flexibility index (Phi) is 4.63. The Bertz CT molecular complexity index is 878. The first-order valence-corrected chi connectivity index (χ1v) is 9.65. The second-order valence-corrected chi connectivity index (χ2v) is 7.76. The Morgan fingerprint density at radius 3 is 3.08 bits per heavy atom. The number of pyridine rings is 1. The number of hydrogen-bond acceptors (Lipinski definition) is 6. The van der Waals surface area contributed by atoms with Gasteiger partial charge in [-0.05, 0) is 49.3 Å². The maximum absolute atomic E-state index is 9.09. The van der Waals surface area contributed by atoms with Crippen LogP contribution in [0.5, 0.6) is 0 Å². The summed E-state index contributed by atoms with van der Waals surface area (Å²) in [6, 6.07) is 3.89. The zero-order chi connectivity index (χ0) is 17.2. The van der Waals surface area contributed by atoms with Gasteiger partial charge in [-0.3, -0.25) is 4.98 Å². The van der Waals surface area contributed by atoms with E-state index in [9.17, 15) is 0 Å². The van der Waals surface area contributed by atoms with Crippen molar-refractivity contribution in [2.45, 2.75) is 32.6 Å². The van der Waals surface area contributed by atoms with Gasteiger partial charge in [0.2, 0.25) is 0 Å². The lowest BCUT2D eigenvalue weighted by Gasteiger charge is -2.18. The van der Waals surface area contributed by atoms with Crippen LogP contribution < -0.4 is 5.32 Å². The maximum Gasteiger partial charge on any atom is 0.164 e. The van der Waals surface area contributed by atoms with Gasteiger partial charge in [0.25, 0.3) is 0 Å². The minimum atomic E-state index is 0.177. The van der Waals surface area contributed by atoms with E-state index in [-0.39, 0.29) is 6.61 Å². The van der Waals surface area contributed by atoms with E-state index in [2.05, 4.69) is 17.2 Å². The Morgan fingerprint density at radius 1 is 1.36 bits per heavy atom. The summed E-state index contributed by atoms with van der Waals surface area (Å²) in [5.41, 5.74) is 2.34. The van der Waals surface area contributed by atoms with Crippen molar-refractivity contribution in [3.05, 3.63) is 35.0 Å². The van der Waals surface area contributed by atoms with Crippen LogP contribution in [0, 0.1) is 5.92 Å². The van der Waals surface area contributed by atoms with E-state index in [0.29, 0.717) is 18.8 Å². The van der Waals surface area contributed by atoms with Gasteiger partial charge in [0.05, 0.1) is 5.39 Å². The Hall–Kier alpha value is -2.05. The van der Waals surface area contributed by atoms with Crippen molar-refractivity contribution in [3.8, 4) is 11.4 Å². The highest BCUT2D eigenvalue weighted by molar-refractivity contribution is 7.19. The van der Waals surface area contributed by atoms with E-state index in [1.807, 2.05) is 12.1 Å². The molecule has 6 heteroatoms. The lowest BCUT2D eigenvalue weighted by molar-refractivity contribution is 0.292. The van der Waals surface area contributed by atoms with Gasteiger partial charge in [-0.2, -0.15) is 0 Å². The van der Waals surface area contributed by atoms with Crippen molar-refractivity contribution >= 4 is 27.4 Å². The van der Waals surface area contributed by atoms with Gasteiger partial charge in [-0.25, -0.2) is 9.97 Å². The molecule has 0 aliphatic heterocycles. The van der Waals surface area contributed by atoms with E-state index >= 15 is 0 Å². The predicted octanol–water partition coefficient (Wildman–Crippen LogP) is 3.67. The highest BCUT2D eigenvalue weighted by Gasteiger charge is 2.24. The highest BCUT2D eigenvalue weighted by Crippen LogP contribution is 2.40. The monoisotopic (exact) mass is 354 g/mol. The van der Waals surface area contributed by atoms with Gasteiger partial charge in [-0.1, -0.05) is 6.92 Å². The Balaban J connectivity index is 1.84. The summed E-state index contributed by atoms with van der Waals surface area (Å²) in [7, 11) is 0. The number of thiophene rings is 1. The Labute approximate surface area is 151 Å². The molecular formula is C19H22N4OS. The van der Waals surface area contributed by atoms with Gasteiger partial charge >= 0.3 is 0 Å². The van der Waals surface area contributed by atoms with E-state index in [0.717, 1.165) is 35.0 Å². The van der Waals surface area contributed by atoms with Gasteiger partial charge < -0.3 is 10.4 Å². The summed E-state index contributed by atoms with van der Waals surface area (Å²) in [5, 5.41) is 13.7. The molecule has 130 valence electrons. The summed E-state index contributed by atoms with van der Waals surface area (Å²) in [5.74, 6) is 2.33. The molecule has 1 aliphatic rings. The van der Waals surface area contributed by atoms with Crippen LogP contribution in [0.25, 0.3) is 21.6 Å². The molecule has 5 nitrogen and oxygen atoms in total. The minimum Gasteiger partial charge on any atom is -0.396 e. The van der Waals surface area contributed by atoms with Crippen molar-refractivity contribution in [1.29, 1.82) is 0 Å². The average Bonchev–Trinajstić information content (AvgIpc) is 3.00. The number of aliphatic hydroxyl groups is 1. The predicted molar refractivity (Wildman–Crippen MR) is 102 cm³/mol. The fraction of sp³-hybridized carbons (Fsp3) is 0.421. The Morgan fingerprint density at radius 2 is 2.28 bits per heavy atom. The summed E-state index contributed by atoms with van der Waals surface area (Å²) in [6.07, 6.45) is 7.72. The molecule has 2 N–H and O–H groups in total. The fourth-order valence-corrected chi connectivity index (χ4v) is 4.76. The molecule has 25 heavy (non-hydrogen) atoms. The van der Waals surface area contributed by atoms with E-state index in [1.54, 1.807) is 23.7 Å². The quantitative estimate of drug-likeness (QED) is 0.684. The van der Waals surface area contributed by atoms with Crippen LogP contribution in [0.1, 0.15) is 30.2 Å². The number of aromatic nitrogens is 3. The van der Waals surface area contributed by atoms with Crippen LogP contribution in [-0.2, 0) is 12.8 Å². The van der Waals surface area contributed by atoms with Crippen molar-refractivity contribution in [1.82, 2.24) is 15.0 Å². The largest absolute Gasteiger partial charge is 0.396 e. The SMILES string of the molecule is C[C@@H]1CCc2c(sc3nc(-c4cccnc4)nc(NCCCO)c23)C1. The summed E-state index contributed by atoms with van der Waals surface area (Å²) >= 11 is 1.80. The highest BCUT2D eigenvalue weighted by atomic mass is 32.1. The molecule has 4 rings (SSSR count). The van der Waals surface area contributed by atoms with Crippen LogP contribution in [0.15, 0.2) is 24.5 Å². The molecule has 0 fully saturated rings. The number of rotatable bonds is 5. The van der Waals surface area contributed by atoms with Crippen LogP contribution in [-0.4, -0.2) is 33.2 Å². The number of nitrogens with zero attached hydrogens (tertiary/aromatic N) is 3. The lowest BCUT2D eigenvalue weighted by atomic mass is 9.89. The van der Waals surface area contributed by atoms with Crippen LogP contribution >= 0.6 is 11.3 Å². The third kappa shape index (κ3) is 3.24. The standard InChI is InChI=1S/C19H22N4OS/c1-12-5-6-14-15(10-12)25-19-16(14)18(21-8-3-9-24)22-17(23-19)13-4-2-7-20-11-13/h2,4,7,11-12,24H,3,5-6,8-10H2,1H3,(H,21,22,23)/t12-/m1/s1. The molecular weight excluding hydrogens is 332 g/mol. The zero-order valence-electron chi connectivity index (χ0n) is 14.3. The zero-order valence-corrected chi connectivity index (χ0v) is 15.1. The number of nitrogens with one attached hydrogen (secondary N) is 1. The molecule has 3 aromatic rings. The third-order valence-corrected chi connectivity index (χ3v) is 5.85. The second-order valence-electron chi connectivity index (χ2n) is 6.67. The summed E-state index contributed by atoms with van der Waals surface area (Å²) < 4.78 is 0. The molecule has 0 radical (unpaired) electrons. The molecule has 0 unspecified atom stereocenters. The molecule has 1 aliphatic carbocycles. The number of fused-ring (bicyclic) bond motifs is 3. The third-order valence-electron chi connectivity index (χ3n) is 4.70. The number of aliphatic hydroxyl groups excluding tert-OH is 1. The number of aryl methyl sites for hydroxylation is 1. The number of anilines is 1. The van der Waals surface area contributed by atoms with Crippen molar-refractivity contribution in [2.75, 3.05) is 18.5 Å². The smallest absolute Gasteiger partial charge is 0.164 e. The first-order valence-electron chi connectivity index (χ1n) is 8.83. The topological polar surface area (TPSA) is 70.9 Å². The summed E-state index contributed by atoms with van der Waals surface area (Å²) in [6.45, 7) is 3.20. The van der Waals surface area contributed by atoms with Gasteiger partial charge in [0.15, 0.2) is 5.82 Å². The minimum absolute atomic E-state index is 0.177. The van der Waals surface area contributed by atoms with E-state index < -0.39 is 0 Å². The van der Waals surface area contributed by atoms with Crippen molar-refractivity contribution in [2.24, 2.45) is 5.92 Å². The molecule has 0 spiro atoms. The molecule has 0 bridgehead atoms.